The quantitative estimate of drug-likeness (QED) is 0.762. The average Bonchev–Trinajstić information content (AvgIpc) is 2.94. The topological polar surface area (TPSA) is 61.1 Å². The van der Waals surface area contributed by atoms with E-state index in [0.29, 0.717) is 0 Å². The second kappa shape index (κ2) is 3.97. The minimum Gasteiger partial charge on any atom is -0.328 e. The second-order valence-corrected chi connectivity index (χ2v) is 4.94. The van der Waals surface area contributed by atoms with Crippen LogP contribution >= 0.6 is 11.3 Å². The van der Waals surface area contributed by atoms with E-state index in [2.05, 4.69) is 14.5 Å². The molecule has 1 unspecified atom stereocenters. The smallest absolute Gasteiger partial charge is 0.195 e. The van der Waals surface area contributed by atoms with Gasteiger partial charge in [-0.15, -0.1) is 11.3 Å². The van der Waals surface area contributed by atoms with Crippen molar-refractivity contribution >= 4 is 16.3 Å². The maximum atomic E-state index is 5.90. The molecular formula is C11H13N5S. The van der Waals surface area contributed by atoms with Crippen molar-refractivity contribution in [3.63, 3.8) is 0 Å². The fourth-order valence-electron chi connectivity index (χ4n) is 1.89. The molecule has 3 aromatic heterocycles. The molecule has 0 aliphatic rings. The zero-order valence-electron chi connectivity index (χ0n) is 9.45. The van der Waals surface area contributed by atoms with E-state index in [1.807, 2.05) is 30.8 Å². The Morgan fingerprint density at radius 1 is 1.47 bits per heavy atom. The Morgan fingerprint density at radius 2 is 2.35 bits per heavy atom. The molecule has 17 heavy (non-hydrogen) atoms. The lowest BCUT2D eigenvalue weighted by atomic mass is 10.2. The fraction of sp³-hybridized carbons (Fsp3) is 0.273. The second-order valence-electron chi connectivity index (χ2n) is 4.07. The fourth-order valence-corrected chi connectivity index (χ4v) is 2.62. The van der Waals surface area contributed by atoms with Crippen LogP contribution in [0.1, 0.15) is 12.6 Å². The number of nitrogens with two attached hydrogens (primary N) is 1. The highest BCUT2D eigenvalue weighted by molar-refractivity contribution is 7.15. The number of nitrogens with zero attached hydrogens (tertiary/aromatic N) is 4. The van der Waals surface area contributed by atoms with Crippen LogP contribution in [0.4, 0.5) is 0 Å². The molecule has 2 N–H and O–H groups in total. The van der Waals surface area contributed by atoms with Gasteiger partial charge in [0.1, 0.15) is 0 Å². The number of hydrogen-bond donors (Lipinski definition) is 1. The predicted octanol–water partition coefficient (Wildman–Crippen LogP) is 1.47. The summed E-state index contributed by atoms with van der Waals surface area (Å²) in [5.41, 5.74) is 7.01. The first kappa shape index (κ1) is 10.5. The summed E-state index contributed by atoms with van der Waals surface area (Å²) in [4.78, 5) is 5.57. The van der Waals surface area contributed by atoms with Crippen LogP contribution in [0.15, 0.2) is 30.0 Å². The Labute approximate surface area is 103 Å². The van der Waals surface area contributed by atoms with Crippen LogP contribution in [0.3, 0.4) is 0 Å². The molecule has 3 heterocycles. The third-order valence-corrected chi connectivity index (χ3v) is 3.33. The van der Waals surface area contributed by atoms with Gasteiger partial charge in [0.15, 0.2) is 10.8 Å². The van der Waals surface area contributed by atoms with Gasteiger partial charge in [0, 0.05) is 36.4 Å². The van der Waals surface area contributed by atoms with E-state index in [0.717, 1.165) is 22.9 Å². The van der Waals surface area contributed by atoms with Gasteiger partial charge in [-0.05, 0) is 13.0 Å². The molecule has 0 spiro atoms. The molecule has 0 saturated heterocycles. The van der Waals surface area contributed by atoms with Gasteiger partial charge in [0.05, 0.1) is 5.69 Å². The van der Waals surface area contributed by atoms with Crippen molar-refractivity contribution in [1.82, 2.24) is 19.2 Å². The molecule has 0 aliphatic carbocycles. The van der Waals surface area contributed by atoms with Crippen LogP contribution in [-0.2, 0) is 6.42 Å². The summed E-state index contributed by atoms with van der Waals surface area (Å²) in [6.07, 6.45) is 6.46. The maximum Gasteiger partial charge on any atom is 0.195 e. The molecule has 0 bridgehead atoms. The summed E-state index contributed by atoms with van der Waals surface area (Å²) in [6, 6.07) is 1.99. The van der Waals surface area contributed by atoms with E-state index in [1.54, 1.807) is 22.2 Å². The molecule has 3 aromatic rings. The summed E-state index contributed by atoms with van der Waals surface area (Å²) >= 11 is 1.62. The molecule has 5 nitrogen and oxygen atoms in total. The van der Waals surface area contributed by atoms with E-state index in [4.69, 9.17) is 5.73 Å². The van der Waals surface area contributed by atoms with Gasteiger partial charge in [-0.3, -0.25) is 4.40 Å². The SMILES string of the molecule is CC(N)Cc1c(-n2cccn2)nc2sccn12. The minimum absolute atomic E-state index is 0.101. The molecule has 1 atom stereocenters. The zero-order valence-corrected chi connectivity index (χ0v) is 10.3. The molecule has 0 aliphatic heterocycles. The highest BCUT2D eigenvalue weighted by Crippen LogP contribution is 2.21. The van der Waals surface area contributed by atoms with Crippen LogP contribution in [0.2, 0.25) is 0 Å². The standard InChI is InChI=1S/C11H13N5S/c1-8(12)7-9-10(16-4-2-3-13-16)14-11-15(9)5-6-17-11/h2-6,8H,7,12H2,1H3. The minimum atomic E-state index is 0.101. The molecule has 0 saturated carbocycles. The van der Waals surface area contributed by atoms with Gasteiger partial charge in [-0.25, -0.2) is 4.68 Å². The van der Waals surface area contributed by atoms with Crippen molar-refractivity contribution in [3.05, 3.63) is 35.7 Å². The van der Waals surface area contributed by atoms with E-state index in [1.165, 1.54) is 0 Å². The molecule has 0 radical (unpaired) electrons. The zero-order chi connectivity index (χ0) is 11.8. The van der Waals surface area contributed by atoms with Gasteiger partial charge in [0.25, 0.3) is 0 Å². The monoisotopic (exact) mass is 247 g/mol. The third kappa shape index (κ3) is 1.75. The van der Waals surface area contributed by atoms with Crippen molar-refractivity contribution in [1.29, 1.82) is 0 Å². The van der Waals surface area contributed by atoms with E-state index < -0.39 is 0 Å². The van der Waals surface area contributed by atoms with Crippen LogP contribution < -0.4 is 5.73 Å². The number of rotatable bonds is 3. The maximum absolute atomic E-state index is 5.90. The highest BCUT2D eigenvalue weighted by atomic mass is 32.1. The van der Waals surface area contributed by atoms with E-state index in [9.17, 15) is 0 Å². The molecule has 0 aromatic carbocycles. The van der Waals surface area contributed by atoms with Gasteiger partial charge < -0.3 is 5.73 Å². The summed E-state index contributed by atoms with van der Waals surface area (Å²) in [7, 11) is 0. The lowest BCUT2D eigenvalue weighted by Crippen LogP contribution is -2.20. The number of fused-ring (bicyclic) bond motifs is 1. The normalized spacial score (nSPS) is 13.3. The van der Waals surface area contributed by atoms with Gasteiger partial charge in [-0.1, -0.05) is 0 Å². The first-order valence-electron chi connectivity index (χ1n) is 5.45. The predicted molar refractivity (Wildman–Crippen MR) is 67.5 cm³/mol. The summed E-state index contributed by atoms with van der Waals surface area (Å²) in [5, 5.41) is 6.26. The Balaban J connectivity index is 2.19. The Kier molecular flexibility index (Phi) is 2.45. The molecule has 0 amide bonds. The summed E-state index contributed by atoms with van der Waals surface area (Å²) in [6.45, 7) is 2.00. The van der Waals surface area contributed by atoms with Crippen LogP contribution in [0.25, 0.3) is 10.8 Å². The number of imidazole rings is 1. The summed E-state index contributed by atoms with van der Waals surface area (Å²) < 4.78 is 3.88. The highest BCUT2D eigenvalue weighted by Gasteiger charge is 2.15. The van der Waals surface area contributed by atoms with Crippen LogP contribution in [0.5, 0.6) is 0 Å². The molecule has 0 fully saturated rings. The third-order valence-electron chi connectivity index (χ3n) is 2.58. The van der Waals surface area contributed by atoms with E-state index >= 15 is 0 Å². The largest absolute Gasteiger partial charge is 0.328 e. The lowest BCUT2D eigenvalue weighted by molar-refractivity contribution is 0.705. The number of aromatic nitrogens is 4. The van der Waals surface area contributed by atoms with Crippen molar-refractivity contribution in [2.45, 2.75) is 19.4 Å². The van der Waals surface area contributed by atoms with Crippen LogP contribution in [0, 0.1) is 0 Å². The van der Waals surface area contributed by atoms with Crippen molar-refractivity contribution < 1.29 is 0 Å². The molecular weight excluding hydrogens is 234 g/mol. The van der Waals surface area contributed by atoms with Gasteiger partial charge >= 0.3 is 0 Å². The first-order valence-corrected chi connectivity index (χ1v) is 6.33. The first-order chi connectivity index (χ1) is 8.25. The Bertz CT molecular complexity index is 619. The lowest BCUT2D eigenvalue weighted by Gasteiger charge is -2.06. The molecule has 88 valence electrons. The van der Waals surface area contributed by atoms with Crippen molar-refractivity contribution in [2.24, 2.45) is 5.73 Å². The number of thiazole rings is 1. The average molecular weight is 247 g/mol. The van der Waals surface area contributed by atoms with Crippen molar-refractivity contribution in [3.8, 4) is 5.82 Å². The Morgan fingerprint density at radius 3 is 3.06 bits per heavy atom. The van der Waals surface area contributed by atoms with Gasteiger partial charge in [0.2, 0.25) is 0 Å². The summed E-state index contributed by atoms with van der Waals surface area (Å²) in [5.74, 6) is 0.874. The van der Waals surface area contributed by atoms with Crippen molar-refractivity contribution in [2.75, 3.05) is 0 Å². The molecule has 3 rings (SSSR count). The number of hydrogen-bond acceptors (Lipinski definition) is 4. The van der Waals surface area contributed by atoms with E-state index in [-0.39, 0.29) is 6.04 Å². The Hall–Kier alpha value is -1.66. The van der Waals surface area contributed by atoms with Crippen LogP contribution in [-0.4, -0.2) is 25.2 Å². The molecule has 6 heteroatoms. The van der Waals surface area contributed by atoms with Gasteiger partial charge in [-0.2, -0.15) is 10.1 Å².